The van der Waals surface area contributed by atoms with Gasteiger partial charge in [-0.1, -0.05) is 28.8 Å². The van der Waals surface area contributed by atoms with Crippen molar-refractivity contribution in [3.63, 3.8) is 0 Å². The average molecular weight is 406 g/mol. The Kier molecular flexibility index (Phi) is 5.81. The van der Waals surface area contributed by atoms with Crippen LogP contribution >= 0.6 is 28.3 Å². The molecule has 0 spiro atoms. The quantitative estimate of drug-likeness (QED) is 0.810. The topological polar surface area (TPSA) is 73.6 Å². The van der Waals surface area contributed by atoms with Gasteiger partial charge >= 0.3 is 0 Å². The summed E-state index contributed by atoms with van der Waals surface area (Å²) in [5.74, 6) is 1.37. The van der Waals surface area contributed by atoms with Gasteiger partial charge in [-0.25, -0.2) is 0 Å². The van der Waals surface area contributed by atoms with E-state index in [1.54, 1.807) is 0 Å². The zero-order chi connectivity index (χ0) is 15.7. The first-order valence-corrected chi connectivity index (χ1v) is 8.48. The summed E-state index contributed by atoms with van der Waals surface area (Å²) in [5, 5.41) is 3.04. The smallest absolute Gasteiger partial charge is 0.240 e. The molecule has 0 aromatic heterocycles. The monoisotopic (exact) mass is 404 g/mol. The maximum atomic E-state index is 12.4. The van der Waals surface area contributed by atoms with Gasteiger partial charge in [0.2, 0.25) is 5.91 Å². The van der Waals surface area contributed by atoms with Crippen molar-refractivity contribution in [1.29, 1.82) is 0 Å². The van der Waals surface area contributed by atoms with E-state index < -0.39 is 5.54 Å². The Morgan fingerprint density at radius 3 is 2.43 bits per heavy atom. The molecule has 1 heterocycles. The van der Waals surface area contributed by atoms with Crippen molar-refractivity contribution in [3.8, 4) is 11.5 Å². The van der Waals surface area contributed by atoms with Crippen LogP contribution in [0.4, 0.5) is 0 Å². The molecule has 7 heteroatoms. The first-order chi connectivity index (χ1) is 10.5. The number of carbonyl (C=O) groups excluding carboxylic acids is 1. The van der Waals surface area contributed by atoms with Crippen molar-refractivity contribution < 1.29 is 14.3 Å². The van der Waals surface area contributed by atoms with Gasteiger partial charge < -0.3 is 20.5 Å². The molecular weight excluding hydrogens is 384 g/mol. The number of fused-ring (bicyclic) bond motifs is 1. The van der Waals surface area contributed by atoms with Gasteiger partial charge in [0.1, 0.15) is 13.2 Å². The number of benzene rings is 1. The minimum atomic E-state index is -0.714. The molecule has 1 aliphatic heterocycles. The predicted octanol–water partition coefficient (Wildman–Crippen LogP) is 3.09. The molecule has 23 heavy (non-hydrogen) atoms. The second-order valence-electron chi connectivity index (χ2n) is 6.08. The zero-order valence-electron chi connectivity index (χ0n) is 13.1. The number of amides is 1. The number of rotatable bonds is 3. The Bertz CT molecular complexity index is 591. The van der Waals surface area contributed by atoms with Gasteiger partial charge in [-0.05, 0) is 37.5 Å². The highest BCUT2D eigenvalue weighted by Crippen LogP contribution is 2.38. The minimum absolute atomic E-state index is 0. The Morgan fingerprint density at radius 2 is 1.83 bits per heavy atom. The van der Waals surface area contributed by atoms with Crippen LogP contribution in [0.5, 0.6) is 11.5 Å². The summed E-state index contributed by atoms with van der Waals surface area (Å²) in [5.41, 5.74) is 6.45. The Morgan fingerprint density at radius 1 is 1.26 bits per heavy atom. The van der Waals surface area contributed by atoms with Crippen molar-refractivity contribution in [2.45, 2.75) is 44.2 Å². The van der Waals surface area contributed by atoms with E-state index in [-0.39, 0.29) is 24.4 Å². The molecule has 1 amide bonds. The van der Waals surface area contributed by atoms with Crippen LogP contribution in [0.1, 0.15) is 44.2 Å². The van der Waals surface area contributed by atoms with Gasteiger partial charge in [-0.3, -0.25) is 4.79 Å². The van der Waals surface area contributed by atoms with E-state index in [0.717, 1.165) is 41.5 Å². The van der Waals surface area contributed by atoms with Crippen LogP contribution in [0.25, 0.3) is 0 Å². The molecule has 1 atom stereocenters. The van der Waals surface area contributed by atoms with Crippen LogP contribution in [0.3, 0.4) is 0 Å². The third-order valence-electron chi connectivity index (χ3n) is 4.42. The van der Waals surface area contributed by atoms with Crippen LogP contribution in [0.15, 0.2) is 16.6 Å². The van der Waals surface area contributed by atoms with Crippen molar-refractivity contribution in [1.82, 2.24) is 5.32 Å². The first-order valence-electron chi connectivity index (χ1n) is 7.68. The summed E-state index contributed by atoms with van der Waals surface area (Å²) in [4.78, 5) is 12.4. The molecule has 0 saturated heterocycles. The normalized spacial score (nSPS) is 19.6. The lowest BCUT2D eigenvalue weighted by atomic mass is 9.97. The molecule has 0 radical (unpaired) electrons. The number of carbonyl (C=O) groups is 1. The van der Waals surface area contributed by atoms with Crippen LogP contribution in [0.2, 0.25) is 0 Å². The van der Waals surface area contributed by atoms with E-state index in [2.05, 4.69) is 21.2 Å². The molecule has 0 bridgehead atoms. The Labute approximate surface area is 150 Å². The minimum Gasteiger partial charge on any atom is -0.486 e. The third kappa shape index (κ3) is 3.75. The lowest BCUT2D eigenvalue weighted by Gasteiger charge is -2.27. The van der Waals surface area contributed by atoms with Crippen LogP contribution in [-0.2, 0) is 4.79 Å². The Hall–Kier alpha value is -0.980. The van der Waals surface area contributed by atoms with E-state index >= 15 is 0 Å². The van der Waals surface area contributed by atoms with Crippen molar-refractivity contribution in [2.75, 3.05) is 13.2 Å². The van der Waals surface area contributed by atoms with E-state index in [1.165, 1.54) is 0 Å². The number of hydrogen-bond acceptors (Lipinski definition) is 4. The molecular formula is C16H22BrClN2O3. The highest BCUT2D eigenvalue weighted by molar-refractivity contribution is 9.10. The standard InChI is InChI=1S/C16H21BrN2O3.ClH/c1-10(19-15(20)16(18)4-2-3-5-16)11-8-13-14(9-12(11)17)22-7-6-21-13;/h8-10H,2-7,18H2,1H3,(H,19,20);1H. The number of halogens is 2. The first kappa shape index (κ1) is 18.4. The Balaban J connectivity index is 0.00000192. The van der Waals surface area contributed by atoms with Crippen LogP contribution in [0, 0.1) is 0 Å². The number of hydrogen-bond donors (Lipinski definition) is 2. The molecule has 1 aromatic rings. The fourth-order valence-electron chi connectivity index (χ4n) is 3.06. The molecule has 3 N–H and O–H groups in total. The number of nitrogens with one attached hydrogen (secondary N) is 1. The van der Waals surface area contributed by atoms with Crippen LogP contribution < -0.4 is 20.5 Å². The second-order valence-corrected chi connectivity index (χ2v) is 6.93. The summed E-state index contributed by atoms with van der Waals surface area (Å²) in [6, 6.07) is 3.65. The molecule has 1 saturated carbocycles. The van der Waals surface area contributed by atoms with Gasteiger partial charge in [0, 0.05) is 4.47 Å². The van der Waals surface area contributed by atoms with E-state index in [9.17, 15) is 4.79 Å². The summed E-state index contributed by atoms with van der Waals surface area (Å²) >= 11 is 3.54. The maximum absolute atomic E-state index is 12.4. The third-order valence-corrected chi connectivity index (χ3v) is 5.11. The molecule has 1 fully saturated rings. The molecule has 3 rings (SSSR count). The van der Waals surface area contributed by atoms with E-state index in [0.29, 0.717) is 19.0 Å². The van der Waals surface area contributed by atoms with E-state index in [1.807, 2.05) is 19.1 Å². The highest BCUT2D eigenvalue weighted by atomic mass is 79.9. The lowest BCUT2D eigenvalue weighted by Crippen LogP contribution is -2.52. The molecule has 128 valence electrons. The fraction of sp³-hybridized carbons (Fsp3) is 0.562. The molecule has 1 aromatic carbocycles. The van der Waals surface area contributed by atoms with Gasteiger partial charge in [0.25, 0.3) is 0 Å². The molecule has 5 nitrogen and oxygen atoms in total. The number of nitrogens with two attached hydrogens (primary N) is 1. The summed E-state index contributed by atoms with van der Waals surface area (Å²) in [6.07, 6.45) is 3.56. The van der Waals surface area contributed by atoms with Crippen LogP contribution in [-0.4, -0.2) is 24.7 Å². The maximum Gasteiger partial charge on any atom is 0.240 e. The van der Waals surface area contributed by atoms with Gasteiger partial charge in [0.05, 0.1) is 11.6 Å². The average Bonchev–Trinajstić information content (AvgIpc) is 2.94. The SMILES string of the molecule is CC(NC(=O)C1(N)CCCC1)c1cc2c(cc1Br)OCCO2.Cl. The van der Waals surface area contributed by atoms with Gasteiger partial charge in [-0.2, -0.15) is 0 Å². The highest BCUT2D eigenvalue weighted by Gasteiger charge is 2.37. The summed E-state index contributed by atoms with van der Waals surface area (Å²) < 4.78 is 12.1. The van der Waals surface area contributed by atoms with Crippen molar-refractivity contribution >= 4 is 34.2 Å². The number of ether oxygens (including phenoxy) is 2. The fourth-order valence-corrected chi connectivity index (χ4v) is 3.73. The summed E-state index contributed by atoms with van der Waals surface area (Å²) in [6.45, 7) is 3.05. The van der Waals surface area contributed by atoms with Gasteiger partial charge in [-0.15, -0.1) is 12.4 Å². The summed E-state index contributed by atoms with van der Waals surface area (Å²) in [7, 11) is 0. The van der Waals surface area contributed by atoms with Crippen molar-refractivity contribution in [2.24, 2.45) is 5.73 Å². The molecule has 1 aliphatic carbocycles. The van der Waals surface area contributed by atoms with Gasteiger partial charge in [0.15, 0.2) is 11.5 Å². The zero-order valence-corrected chi connectivity index (χ0v) is 15.5. The predicted molar refractivity (Wildman–Crippen MR) is 94.3 cm³/mol. The lowest BCUT2D eigenvalue weighted by molar-refractivity contribution is -0.126. The second kappa shape index (κ2) is 7.28. The molecule has 2 aliphatic rings. The largest absolute Gasteiger partial charge is 0.486 e. The van der Waals surface area contributed by atoms with E-state index in [4.69, 9.17) is 15.2 Å². The van der Waals surface area contributed by atoms with Crippen molar-refractivity contribution in [3.05, 3.63) is 22.2 Å². The molecule has 1 unspecified atom stereocenters.